The van der Waals surface area contributed by atoms with Crippen molar-refractivity contribution in [2.45, 2.75) is 13.5 Å². The number of nitrogen functional groups attached to an aromatic ring is 1. The summed E-state index contributed by atoms with van der Waals surface area (Å²) in [5.74, 6) is 1.03. The van der Waals surface area contributed by atoms with Gasteiger partial charge in [0.25, 0.3) is 0 Å². The van der Waals surface area contributed by atoms with E-state index in [4.69, 9.17) is 5.73 Å². The first kappa shape index (κ1) is 11.9. The lowest BCUT2D eigenvalue weighted by Crippen LogP contribution is -2.05. The molecule has 88 valence electrons. The van der Waals surface area contributed by atoms with E-state index < -0.39 is 0 Å². The lowest BCUT2D eigenvalue weighted by molar-refractivity contribution is 1.06. The zero-order valence-corrected chi connectivity index (χ0v) is 11.0. The highest BCUT2D eigenvalue weighted by atomic mass is 79.9. The highest BCUT2D eigenvalue weighted by molar-refractivity contribution is 9.10. The summed E-state index contributed by atoms with van der Waals surface area (Å²) in [5, 5.41) is 3.22. The lowest BCUT2D eigenvalue weighted by atomic mass is 10.2. The highest BCUT2D eigenvalue weighted by Crippen LogP contribution is 2.17. The Balaban J connectivity index is 2.10. The Morgan fingerprint density at radius 3 is 2.76 bits per heavy atom. The van der Waals surface area contributed by atoms with E-state index in [1.54, 1.807) is 0 Å². The zero-order chi connectivity index (χ0) is 12.3. The van der Waals surface area contributed by atoms with Crippen molar-refractivity contribution in [3.63, 3.8) is 0 Å². The van der Waals surface area contributed by atoms with Gasteiger partial charge in [0.05, 0.1) is 0 Å². The molecule has 0 bridgehead atoms. The lowest BCUT2D eigenvalue weighted by Gasteiger charge is -2.08. The van der Waals surface area contributed by atoms with Gasteiger partial charge in [-0.25, -0.2) is 4.98 Å². The van der Waals surface area contributed by atoms with Gasteiger partial charge in [0.2, 0.25) is 5.95 Å². The molecular formula is C12H13BrN4. The van der Waals surface area contributed by atoms with Crippen LogP contribution in [0.1, 0.15) is 11.3 Å². The molecule has 0 spiro atoms. The van der Waals surface area contributed by atoms with Gasteiger partial charge < -0.3 is 11.1 Å². The number of nitrogens with zero attached hydrogens (tertiary/aromatic N) is 2. The minimum absolute atomic E-state index is 0.291. The number of nitrogens with two attached hydrogens (primary N) is 1. The SMILES string of the molecule is Cc1cc(NCc2ccccc2Br)nc(N)n1. The largest absolute Gasteiger partial charge is 0.368 e. The number of benzene rings is 1. The van der Waals surface area contributed by atoms with Crippen LogP contribution in [0.5, 0.6) is 0 Å². The van der Waals surface area contributed by atoms with Crippen LogP contribution in [0.25, 0.3) is 0 Å². The molecule has 2 aromatic rings. The molecule has 2 rings (SSSR count). The molecule has 0 saturated heterocycles. The summed E-state index contributed by atoms with van der Waals surface area (Å²) in [6.07, 6.45) is 0. The van der Waals surface area contributed by atoms with Crippen molar-refractivity contribution in [2.24, 2.45) is 0 Å². The van der Waals surface area contributed by atoms with Crippen molar-refractivity contribution in [3.8, 4) is 0 Å². The van der Waals surface area contributed by atoms with E-state index in [1.165, 1.54) is 5.56 Å². The Morgan fingerprint density at radius 1 is 1.29 bits per heavy atom. The number of halogens is 1. The normalized spacial score (nSPS) is 10.2. The van der Waals surface area contributed by atoms with Crippen molar-refractivity contribution >= 4 is 27.7 Å². The van der Waals surface area contributed by atoms with E-state index in [0.29, 0.717) is 12.5 Å². The standard InChI is InChI=1S/C12H13BrN4/c1-8-6-11(17-12(14)16-8)15-7-9-4-2-3-5-10(9)13/h2-6H,7H2,1H3,(H3,14,15,16,17). The fourth-order valence-corrected chi connectivity index (χ4v) is 1.93. The van der Waals surface area contributed by atoms with E-state index in [-0.39, 0.29) is 0 Å². The van der Waals surface area contributed by atoms with Crippen LogP contribution in [-0.2, 0) is 6.54 Å². The Kier molecular flexibility index (Phi) is 3.58. The first-order valence-electron chi connectivity index (χ1n) is 5.23. The van der Waals surface area contributed by atoms with E-state index in [9.17, 15) is 0 Å². The van der Waals surface area contributed by atoms with Crippen LogP contribution in [0.3, 0.4) is 0 Å². The van der Waals surface area contributed by atoms with Crippen LogP contribution in [0, 0.1) is 6.92 Å². The summed E-state index contributed by atoms with van der Waals surface area (Å²) < 4.78 is 1.08. The van der Waals surface area contributed by atoms with Crippen molar-refractivity contribution in [1.29, 1.82) is 0 Å². The van der Waals surface area contributed by atoms with Gasteiger partial charge in [0.1, 0.15) is 5.82 Å². The predicted molar refractivity (Wildman–Crippen MR) is 72.7 cm³/mol. The Morgan fingerprint density at radius 2 is 2.06 bits per heavy atom. The minimum Gasteiger partial charge on any atom is -0.368 e. The van der Waals surface area contributed by atoms with Crippen LogP contribution in [0.4, 0.5) is 11.8 Å². The molecule has 1 aromatic heterocycles. The molecule has 0 amide bonds. The second kappa shape index (κ2) is 5.14. The molecule has 3 N–H and O–H groups in total. The van der Waals surface area contributed by atoms with Crippen molar-refractivity contribution in [3.05, 3.63) is 46.1 Å². The molecule has 0 unspecified atom stereocenters. The first-order valence-corrected chi connectivity index (χ1v) is 6.03. The average Bonchev–Trinajstić information content (AvgIpc) is 2.27. The number of nitrogens with one attached hydrogen (secondary N) is 1. The summed E-state index contributed by atoms with van der Waals surface area (Å²) in [6.45, 7) is 2.58. The van der Waals surface area contributed by atoms with Crippen molar-refractivity contribution < 1.29 is 0 Å². The number of hydrogen-bond donors (Lipinski definition) is 2. The van der Waals surface area contributed by atoms with Crippen molar-refractivity contribution in [2.75, 3.05) is 11.1 Å². The van der Waals surface area contributed by atoms with Gasteiger partial charge in [-0.05, 0) is 18.6 Å². The van der Waals surface area contributed by atoms with Crippen LogP contribution in [0.15, 0.2) is 34.8 Å². The maximum Gasteiger partial charge on any atom is 0.222 e. The van der Waals surface area contributed by atoms with Gasteiger partial charge in [-0.1, -0.05) is 34.1 Å². The van der Waals surface area contributed by atoms with Crippen molar-refractivity contribution in [1.82, 2.24) is 9.97 Å². The number of anilines is 2. The third kappa shape index (κ3) is 3.17. The van der Waals surface area contributed by atoms with Crippen LogP contribution in [-0.4, -0.2) is 9.97 Å². The Hall–Kier alpha value is -1.62. The molecule has 0 radical (unpaired) electrons. The molecular weight excluding hydrogens is 280 g/mol. The second-order valence-electron chi connectivity index (χ2n) is 3.70. The predicted octanol–water partition coefficient (Wildman–Crippen LogP) is 2.74. The highest BCUT2D eigenvalue weighted by Gasteiger charge is 2.01. The van der Waals surface area contributed by atoms with Crippen LogP contribution in [0.2, 0.25) is 0 Å². The van der Waals surface area contributed by atoms with Crippen LogP contribution >= 0.6 is 15.9 Å². The summed E-state index contributed by atoms with van der Waals surface area (Å²) in [7, 11) is 0. The summed E-state index contributed by atoms with van der Waals surface area (Å²) in [4.78, 5) is 8.14. The molecule has 1 heterocycles. The van der Waals surface area contributed by atoms with Gasteiger partial charge in [0, 0.05) is 22.8 Å². The number of rotatable bonds is 3. The zero-order valence-electron chi connectivity index (χ0n) is 9.44. The molecule has 0 atom stereocenters. The quantitative estimate of drug-likeness (QED) is 0.913. The smallest absolute Gasteiger partial charge is 0.222 e. The Bertz CT molecular complexity index is 507. The second-order valence-corrected chi connectivity index (χ2v) is 4.55. The third-order valence-electron chi connectivity index (χ3n) is 2.29. The number of aryl methyl sites for hydroxylation is 1. The summed E-state index contributed by atoms with van der Waals surface area (Å²) >= 11 is 3.50. The molecule has 0 aliphatic rings. The molecule has 4 nitrogen and oxygen atoms in total. The summed E-state index contributed by atoms with van der Waals surface area (Å²) in [5.41, 5.74) is 7.61. The van der Waals surface area contributed by atoms with Gasteiger partial charge in [0.15, 0.2) is 0 Å². The molecule has 0 aliphatic heterocycles. The van der Waals surface area contributed by atoms with Gasteiger partial charge in [-0.15, -0.1) is 0 Å². The fourth-order valence-electron chi connectivity index (χ4n) is 1.51. The third-order valence-corrected chi connectivity index (χ3v) is 3.06. The van der Waals surface area contributed by atoms with E-state index >= 15 is 0 Å². The van der Waals surface area contributed by atoms with Gasteiger partial charge in [-0.2, -0.15) is 4.98 Å². The number of hydrogen-bond acceptors (Lipinski definition) is 4. The van der Waals surface area contributed by atoms with E-state index in [1.807, 2.05) is 31.2 Å². The first-order chi connectivity index (χ1) is 8.15. The maximum absolute atomic E-state index is 5.59. The fraction of sp³-hybridized carbons (Fsp3) is 0.167. The summed E-state index contributed by atoms with van der Waals surface area (Å²) in [6, 6.07) is 9.92. The molecule has 1 aromatic carbocycles. The maximum atomic E-state index is 5.59. The molecule has 0 aliphatic carbocycles. The molecule has 0 fully saturated rings. The minimum atomic E-state index is 0.291. The van der Waals surface area contributed by atoms with Gasteiger partial charge >= 0.3 is 0 Å². The monoisotopic (exact) mass is 292 g/mol. The average molecular weight is 293 g/mol. The topological polar surface area (TPSA) is 63.8 Å². The Labute approximate surface area is 108 Å². The van der Waals surface area contributed by atoms with E-state index in [2.05, 4.69) is 37.3 Å². The molecule has 5 heteroatoms. The van der Waals surface area contributed by atoms with E-state index in [0.717, 1.165) is 16.0 Å². The number of aromatic nitrogens is 2. The molecule has 0 saturated carbocycles. The molecule has 17 heavy (non-hydrogen) atoms. The van der Waals surface area contributed by atoms with Gasteiger partial charge in [-0.3, -0.25) is 0 Å². The van der Waals surface area contributed by atoms with Crippen LogP contribution < -0.4 is 11.1 Å².